The molecule has 3 rings (SSSR count). The van der Waals surface area contributed by atoms with E-state index in [0.29, 0.717) is 25.4 Å². The fourth-order valence-corrected chi connectivity index (χ4v) is 2.98. The van der Waals surface area contributed by atoms with Gasteiger partial charge in [-0.3, -0.25) is 4.90 Å². The third-order valence-corrected chi connectivity index (χ3v) is 4.48. The van der Waals surface area contributed by atoms with Crippen LogP contribution in [0.5, 0.6) is 0 Å². The van der Waals surface area contributed by atoms with Gasteiger partial charge in [0.2, 0.25) is 5.89 Å². The second-order valence-corrected chi connectivity index (χ2v) is 6.51. The van der Waals surface area contributed by atoms with E-state index in [1.807, 2.05) is 18.2 Å². The highest BCUT2D eigenvalue weighted by Crippen LogP contribution is 2.13. The number of hydrogen-bond donors (Lipinski definition) is 1. The minimum Gasteiger partial charge on any atom is -0.339 e. The normalized spacial score (nSPS) is 11.2. The van der Waals surface area contributed by atoms with Gasteiger partial charge in [-0.1, -0.05) is 59.8 Å². The van der Waals surface area contributed by atoms with Gasteiger partial charge in [-0.15, -0.1) is 0 Å². The summed E-state index contributed by atoms with van der Waals surface area (Å²) in [7, 11) is 0. The van der Waals surface area contributed by atoms with Gasteiger partial charge in [-0.2, -0.15) is 4.98 Å². The van der Waals surface area contributed by atoms with Crippen LogP contribution in [0, 0.1) is 6.92 Å². The molecule has 0 saturated carbocycles. The molecule has 136 valence electrons. The molecular weight excluding hydrogens is 324 g/mol. The van der Waals surface area contributed by atoms with Crippen molar-refractivity contribution in [2.75, 3.05) is 19.6 Å². The van der Waals surface area contributed by atoms with E-state index in [9.17, 15) is 0 Å². The molecule has 1 aromatic heterocycles. The standard InChI is InChI=1S/C21H26N4O/c1-17-7-5-6-10-19(17)15-21-23-20(24-26-21)16-25(14-12-22)13-11-18-8-3-2-4-9-18/h2-10H,11-16,22H2,1H3. The van der Waals surface area contributed by atoms with Crippen molar-refractivity contribution in [3.05, 3.63) is 83.0 Å². The lowest BCUT2D eigenvalue weighted by atomic mass is 10.1. The second kappa shape index (κ2) is 9.27. The van der Waals surface area contributed by atoms with E-state index in [4.69, 9.17) is 10.3 Å². The number of nitrogens with two attached hydrogens (primary N) is 1. The smallest absolute Gasteiger partial charge is 0.231 e. The molecule has 5 nitrogen and oxygen atoms in total. The first kappa shape index (κ1) is 18.3. The first-order valence-electron chi connectivity index (χ1n) is 9.07. The minimum atomic E-state index is 0.614. The van der Waals surface area contributed by atoms with Gasteiger partial charge in [0, 0.05) is 19.6 Å². The summed E-state index contributed by atoms with van der Waals surface area (Å²) in [4.78, 5) is 6.84. The van der Waals surface area contributed by atoms with E-state index in [1.54, 1.807) is 0 Å². The number of hydrogen-bond acceptors (Lipinski definition) is 5. The van der Waals surface area contributed by atoms with Crippen molar-refractivity contribution < 1.29 is 4.52 Å². The summed E-state index contributed by atoms with van der Waals surface area (Å²) < 4.78 is 5.45. The Kier molecular flexibility index (Phi) is 6.52. The maximum atomic E-state index is 5.77. The Morgan fingerprint density at radius 2 is 1.77 bits per heavy atom. The lowest BCUT2D eigenvalue weighted by Gasteiger charge is -2.19. The van der Waals surface area contributed by atoms with Crippen LogP contribution in [-0.4, -0.2) is 34.7 Å². The van der Waals surface area contributed by atoms with Crippen LogP contribution >= 0.6 is 0 Å². The predicted octanol–water partition coefficient (Wildman–Crippen LogP) is 2.97. The molecule has 0 bridgehead atoms. The van der Waals surface area contributed by atoms with Gasteiger partial charge < -0.3 is 10.3 Å². The van der Waals surface area contributed by atoms with E-state index < -0.39 is 0 Å². The Labute approximate surface area is 154 Å². The molecule has 3 aromatic rings. The maximum absolute atomic E-state index is 5.77. The van der Waals surface area contributed by atoms with Crippen LogP contribution < -0.4 is 5.73 Å². The van der Waals surface area contributed by atoms with Gasteiger partial charge >= 0.3 is 0 Å². The third kappa shape index (κ3) is 5.25. The molecule has 0 unspecified atom stereocenters. The average molecular weight is 350 g/mol. The Morgan fingerprint density at radius 1 is 1.00 bits per heavy atom. The summed E-state index contributed by atoms with van der Waals surface area (Å²) in [6.45, 7) is 5.10. The zero-order valence-electron chi connectivity index (χ0n) is 15.3. The first-order valence-corrected chi connectivity index (χ1v) is 9.07. The Bertz CT molecular complexity index is 801. The summed E-state index contributed by atoms with van der Waals surface area (Å²) >= 11 is 0. The Balaban J connectivity index is 1.59. The molecule has 0 aliphatic carbocycles. The highest BCUT2D eigenvalue weighted by Gasteiger charge is 2.12. The fourth-order valence-electron chi connectivity index (χ4n) is 2.98. The van der Waals surface area contributed by atoms with E-state index >= 15 is 0 Å². The van der Waals surface area contributed by atoms with Crippen molar-refractivity contribution in [1.29, 1.82) is 0 Å². The largest absolute Gasteiger partial charge is 0.339 e. The average Bonchev–Trinajstić information content (AvgIpc) is 3.10. The molecule has 0 saturated heterocycles. The van der Waals surface area contributed by atoms with Gasteiger partial charge in [0.25, 0.3) is 0 Å². The summed E-state index contributed by atoms with van der Waals surface area (Å²) in [6, 6.07) is 18.7. The molecule has 5 heteroatoms. The van der Waals surface area contributed by atoms with Crippen molar-refractivity contribution in [3.63, 3.8) is 0 Å². The molecule has 0 amide bonds. The van der Waals surface area contributed by atoms with Crippen LogP contribution in [0.2, 0.25) is 0 Å². The van der Waals surface area contributed by atoms with Crippen LogP contribution in [0.1, 0.15) is 28.4 Å². The monoisotopic (exact) mass is 350 g/mol. The molecule has 2 N–H and O–H groups in total. The summed E-state index contributed by atoms with van der Waals surface area (Å²) in [6.07, 6.45) is 1.65. The van der Waals surface area contributed by atoms with E-state index in [2.05, 4.69) is 58.4 Å². The van der Waals surface area contributed by atoms with Crippen molar-refractivity contribution in [1.82, 2.24) is 15.0 Å². The number of aromatic nitrogens is 2. The Hall–Kier alpha value is -2.50. The third-order valence-electron chi connectivity index (χ3n) is 4.48. The SMILES string of the molecule is Cc1ccccc1Cc1nc(CN(CCN)CCc2ccccc2)no1. The van der Waals surface area contributed by atoms with Crippen LogP contribution in [0.4, 0.5) is 0 Å². The van der Waals surface area contributed by atoms with Crippen molar-refractivity contribution in [3.8, 4) is 0 Å². The highest BCUT2D eigenvalue weighted by molar-refractivity contribution is 5.27. The quantitative estimate of drug-likeness (QED) is 0.642. The van der Waals surface area contributed by atoms with Gasteiger partial charge in [0.1, 0.15) is 0 Å². The zero-order valence-corrected chi connectivity index (χ0v) is 15.3. The van der Waals surface area contributed by atoms with Crippen molar-refractivity contribution in [2.24, 2.45) is 5.73 Å². The topological polar surface area (TPSA) is 68.2 Å². The predicted molar refractivity (Wildman–Crippen MR) is 103 cm³/mol. The van der Waals surface area contributed by atoms with Crippen LogP contribution in [0.3, 0.4) is 0 Å². The lowest BCUT2D eigenvalue weighted by molar-refractivity contribution is 0.264. The van der Waals surface area contributed by atoms with Gasteiger partial charge in [-0.25, -0.2) is 0 Å². The molecule has 0 spiro atoms. The van der Waals surface area contributed by atoms with Crippen molar-refractivity contribution in [2.45, 2.75) is 26.3 Å². The lowest BCUT2D eigenvalue weighted by Crippen LogP contribution is -2.31. The molecule has 2 aromatic carbocycles. The molecule has 0 aliphatic heterocycles. The fraction of sp³-hybridized carbons (Fsp3) is 0.333. The molecular formula is C21H26N4O. The summed E-state index contributed by atoms with van der Waals surface area (Å²) in [5.41, 5.74) is 9.54. The van der Waals surface area contributed by atoms with Crippen LogP contribution in [-0.2, 0) is 19.4 Å². The molecule has 1 heterocycles. The first-order chi connectivity index (χ1) is 12.7. The number of rotatable bonds is 9. The minimum absolute atomic E-state index is 0.614. The van der Waals surface area contributed by atoms with E-state index in [0.717, 1.165) is 25.3 Å². The number of nitrogens with zero attached hydrogens (tertiary/aromatic N) is 3. The van der Waals surface area contributed by atoms with E-state index in [-0.39, 0.29) is 0 Å². The number of benzene rings is 2. The Morgan fingerprint density at radius 3 is 2.54 bits per heavy atom. The zero-order chi connectivity index (χ0) is 18.2. The molecule has 0 aliphatic rings. The van der Waals surface area contributed by atoms with Gasteiger partial charge in [0.05, 0.1) is 13.0 Å². The van der Waals surface area contributed by atoms with Gasteiger partial charge in [0.15, 0.2) is 5.82 Å². The van der Waals surface area contributed by atoms with Crippen LogP contribution in [0.15, 0.2) is 59.1 Å². The van der Waals surface area contributed by atoms with Crippen molar-refractivity contribution >= 4 is 0 Å². The second-order valence-electron chi connectivity index (χ2n) is 6.51. The van der Waals surface area contributed by atoms with Crippen LogP contribution in [0.25, 0.3) is 0 Å². The maximum Gasteiger partial charge on any atom is 0.231 e. The van der Waals surface area contributed by atoms with Gasteiger partial charge in [-0.05, 0) is 30.0 Å². The summed E-state index contributed by atoms with van der Waals surface area (Å²) in [5.74, 6) is 1.38. The molecule has 0 radical (unpaired) electrons. The van der Waals surface area contributed by atoms with E-state index in [1.165, 1.54) is 16.7 Å². The molecule has 26 heavy (non-hydrogen) atoms. The highest BCUT2D eigenvalue weighted by atomic mass is 16.5. The number of aryl methyl sites for hydroxylation is 1. The summed E-state index contributed by atoms with van der Waals surface area (Å²) in [5, 5.41) is 4.15. The molecule has 0 fully saturated rings. The molecule has 0 atom stereocenters.